The van der Waals surface area contributed by atoms with Crippen molar-refractivity contribution in [1.29, 1.82) is 0 Å². The van der Waals surface area contributed by atoms with Crippen molar-refractivity contribution in [3.63, 3.8) is 0 Å². The van der Waals surface area contributed by atoms with Gasteiger partial charge in [-0.3, -0.25) is 0 Å². The molecule has 1 aliphatic rings. The van der Waals surface area contributed by atoms with E-state index in [0.29, 0.717) is 12.8 Å². The normalized spacial score (nSPS) is 14.1. The van der Waals surface area contributed by atoms with Crippen molar-refractivity contribution in [3.05, 3.63) is 54.1 Å². The highest BCUT2D eigenvalue weighted by Crippen LogP contribution is 2.34. The van der Waals surface area contributed by atoms with E-state index in [-0.39, 0.29) is 0 Å². The molecule has 2 aromatic carbocycles. The number of benzene rings is 2. The minimum atomic E-state index is 0.319. The van der Waals surface area contributed by atoms with Crippen LogP contribution in [-0.2, 0) is 6.42 Å². The van der Waals surface area contributed by atoms with E-state index in [1.807, 2.05) is 18.2 Å². The average Bonchev–Trinajstić information content (AvgIpc) is 2.95. The minimum Gasteiger partial charge on any atom is -0.454 e. The molecule has 1 heterocycles. The summed E-state index contributed by atoms with van der Waals surface area (Å²) in [6.07, 6.45) is 2.09. The molecular formula is C17H19NO2. The third-order valence-electron chi connectivity index (χ3n) is 3.56. The smallest absolute Gasteiger partial charge is 0.231 e. The van der Waals surface area contributed by atoms with Gasteiger partial charge in [-0.2, -0.15) is 0 Å². The Bertz CT molecular complexity index is 568. The van der Waals surface area contributed by atoms with Gasteiger partial charge >= 0.3 is 0 Å². The molecule has 0 saturated heterocycles. The number of ether oxygens (including phenoxy) is 2. The summed E-state index contributed by atoms with van der Waals surface area (Å²) in [6, 6.07) is 17.0. The minimum absolute atomic E-state index is 0.319. The highest BCUT2D eigenvalue weighted by Gasteiger charge is 2.14. The van der Waals surface area contributed by atoms with Gasteiger partial charge < -0.3 is 14.8 Å². The van der Waals surface area contributed by atoms with Crippen molar-refractivity contribution in [2.24, 2.45) is 0 Å². The third kappa shape index (κ3) is 2.87. The second-order valence-corrected chi connectivity index (χ2v) is 5.01. The van der Waals surface area contributed by atoms with Gasteiger partial charge in [-0.15, -0.1) is 0 Å². The van der Waals surface area contributed by atoms with E-state index in [9.17, 15) is 0 Å². The summed E-state index contributed by atoms with van der Waals surface area (Å²) in [6.45, 7) is 2.52. The lowest BCUT2D eigenvalue weighted by atomic mass is 10.0. The molecule has 3 heteroatoms. The number of nitrogens with one attached hydrogen (secondary N) is 1. The lowest BCUT2D eigenvalue weighted by Gasteiger charge is -2.18. The monoisotopic (exact) mass is 269 g/mol. The SMILES string of the molecule is CCC(Cc1ccccc1)Nc1ccc2c(c1)OCO2. The summed E-state index contributed by atoms with van der Waals surface area (Å²) >= 11 is 0. The van der Waals surface area contributed by atoms with Crippen molar-refractivity contribution < 1.29 is 9.47 Å². The van der Waals surface area contributed by atoms with E-state index in [4.69, 9.17) is 9.47 Å². The van der Waals surface area contributed by atoms with E-state index in [1.165, 1.54) is 5.56 Å². The molecule has 0 aliphatic carbocycles. The van der Waals surface area contributed by atoms with Crippen molar-refractivity contribution >= 4 is 5.69 Å². The van der Waals surface area contributed by atoms with Crippen molar-refractivity contribution in [2.45, 2.75) is 25.8 Å². The van der Waals surface area contributed by atoms with Crippen LogP contribution < -0.4 is 14.8 Å². The Morgan fingerprint density at radius 3 is 2.65 bits per heavy atom. The zero-order valence-corrected chi connectivity index (χ0v) is 11.6. The van der Waals surface area contributed by atoms with Crippen LogP contribution in [0.25, 0.3) is 0 Å². The van der Waals surface area contributed by atoms with Crippen LogP contribution in [0.2, 0.25) is 0 Å². The Morgan fingerprint density at radius 1 is 1.05 bits per heavy atom. The molecule has 1 N–H and O–H groups in total. The van der Waals surface area contributed by atoms with Crippen LogP contribution in [0.5, 0.6) is 11.5 Å². The maximum Gasteiger partial charge on any atom is 0.231 e. The van der Waals surface area contributed by atoms with Crippen molar-refractivity contribution in [3.8, 4) is 11.5 Å². The second kappa shape index (κ2) is 5.87. The van der Waals surface area contributed by atoms with Gasteiger partial charge in [0.25, 0.3) is 0 Å². The highest BCUT2D eigenvalue weighted by molar-refractivity contribution is 5.56. The Hall–Kier alpha value is -2.16. The maximum atomic E-state index is 5.41. The van der Waals surface area contributed by atoms with E-state index in [1.54, 1.807) is 0 Å². The Labute approximate surface area is 119 Å². The summed E-state index contributed by atoms with van der Waals surface area (Å²) in [5.41, 5.74) is 2.43. The van der Waals surface area contributed by atoms with Gasteiger partial charge in [0, 0.05) is 17.8 Å². The molecule has 0 radical (unpaired) electrons. The topological polar surface area (TPSA) is 30.5 Å². The highest BCUT2D eigenvalue weighted by atomic mass is 16.7. The van der Waals surface area contributed by atoms with Gasteiger partial charge in [-0.25, -0.2) is 0 Å². The molecule has 1 unspecified atom stereocenters. The molecule has 0 fully saturated rings. The fraction of sp³-hybridized carbons (Fsp3) is 0.294. The summed E-state index contributed by atoms with van der Waals surface area (Å²) in [4.78, 5) is 0. The van der Waals surface area contributed by atoms with Gasteiger partial charge in [0.2, 0.25) is 6.79 Å². The van der Waals surface area contributed by atoms with E-state index in [0.717, 1.165) is 30.0 Å². The van der Waals surface area contributed by atoms with Crippen LogP contribution in [0.4, 0.5) is 5.69 Å². The first-order valence-corrected chi connectivity index (χ1v) is 7.05. The lowest BCUT2D eigenvalue weighted by molar-refractivity contribution is 0.174. The van der Waals surface area contributed by atoms with Crippen molar-refractivity contribution in [2.75, 3.05) is 12.1 Å². The Morgan fingerprint density at radius 2 is 1.85 bits per heavy atom. The number of fused-ring (bicyclic) bond motifs is 1. The molecule has 0 bridgehead atoms. The molecule has 20 heavy (non-hydrogen) atoms. The summed E-state index contributed by atoms with van der Waals surface area (Å²) < 4.78 is 10.7. The number of anilines is 1. The summed E-state index contributed by atoms with van der Waals surface area (Å²) in [5.74, 6) is 1.65. The van der Waals surface area contributed by atoms with Crippen molar-refractivity contribution in [1.82, 2.24) is 0 Å². The molecule has 0 spiro atoms. The van der Waals surface area contributed by atoms with Gasteiger partial charge in [0.15, 0.2) is 11.5 Å². The van der Waals surface area contributed by atoms with Crippen LogP contribution in [0.1, 0.15) is 18.9 Å². The van der Waals surface area contributed by atoms with E-state index < -0.39 is 0 Å². The van der Waals surface area contributed by atoms with Crippen LogP contribution in [-0.4, -0.2) is 12.8 Å². The molecule has 0 saturated carbocycles. The van der Waals surface area contributed by atoms with Crippen LogP contribution in [0.15, 0.2) is 48.5 Å². The average molecular weight is 269 g/mol. The molecule has 3 rings (SSSR count). The number of rotatable bonds is 5. The molecule has 3 nitrogen and oxygen atoms in total. The fourth-order valence-electron chi connectivity index (χ4n) is 2.42. The van der Waals surface area contributed by atoms with Gasteiger partial charge in [-0.05, 0) is 30.5 Å². The number of hydrogen-bond donors (Lipinski definition) is 1. The van der Waals surface area contributed by atoms with E-state index >= 15 is 0 Å². The molecule has 1 atom stereocenters. The largest absolute Gasteiger partial charge is 0.454 e. The first kappa shape index (κ1) is 12.9. The van der Waals surface area contributed by atoms with Crippen LogP contribution >= 0.6 is 0 Å². The predicted octanol–water partition coefficient (Wildman–Crippen LogP) is 3.85. The summed E-state index contributed by atoms with van der Waals surface area (Å²) in [7, 11) is 0. The third-order valence-corrected chi connectivity index (χ3v) is 3.56. The van der Waals surface area contributed by atoms with E-state index in [2.05, 4.69) is 42.6 Å². The van der Waals surface area contributed by atoms with Crippen LogP contribution in [0.3, 0.4) is 0 Å². The van der Waals surface area contributed by atoms with Gasteiger partial charge in [0.1, 0.15) is 0 Å². The first-order chi connectivity index (χ1) is 9.85. The Kier molecular flexibility index (Phi) is 3.77. The molecule has 0 aromatic heterocycles. The molecule has 2 aromatic rings. The zero-order chi connectivity index (χ0) is 13.8. The fourth-order valence-corrected chi connectivity index (χ4v) is 2.42. The predicted molar refractivity (Wildman–Crippen MR) is 80.4 cm³/mol. The molecule has 1 aliphatic heterocycles. The summed E-state index contributed by atoms with van der Waals surface area (Å²) in [5, 5.41) is 3.57. The molecular weight excluding hydrogens is 250 g/mol. The first-order valence-electron chi connectivity index (χ1n) is 7.05. The standard InChI is InChI=1S/C17H19NO2/c1-2-14(10-13-6-4-3-5-7-13)18-15-8-9-16-17(11-15)20-12-19-16/h3-9,11,14,18H,2,10,12H2,1H3. The maximum absolute atomic E-state index is 5.41. The van der Waals surface area contributed by atoms with Gasteiger partial charge in [0.05, 0.1) is 0 Å². The second-order valence-electron chi connectivity index (χ2n) is 5.01. The zero-order valence-electron chi connectivity index (χ0n) is 11.6. The molecule has 0 amide bonds. The quantitative estimate of drug-likeness (QED) is 0.894. The Balaban J connectivity index is 1.68. The molecule has 104 valence electrons. The van der Waals surface area contributed by atoms with Gasteiger partial charge in [-0.1, -0.05) is 37.3 Å². The number of hydrogen-bond acceptors (Lipinski definition) is 3. The van der Waals surface area contributed by atoms with Crippen LogP contribution in [0, 0.1) is 0 Å². The lowest BCUT2D eigenvalue weighted by Crippen LogP contribution is -2.21.